The minimum Gasteiger partial charge on any atom is -0.489 e. The van der Waals surface area contributed by atoms with E-state index >= 15 is 0 Å². The summed E-state index contributed by atoms with van der Waals surface area (Å²) < 4.78 is 28.1. The van der Waals surface area contributed by atoms with Crippen molar-refractivity contribution in [3.8, 4) is 28.5 Å². The fourth-order valence-corrected chi connectivity index (χ4v) is 4.81. The maximum atomic E-state index is 14.3. The van der Waals surface area contributed by atoms with Gasteiger partial charge in [-0.25, -0.2) is 24.3 Å². The summed E-state index contributed by atoms with van der Waals surface area (Å²) in [6.45, 7) is 3.96. The topological polar surface area (TPSA) is 112 Å². The van der Waals surface area contributed by atoms with Gasteiger partial charge in [-0.2, -0.15) is 0 Å². The Bertz CT molecular complexity index is 1600. The quantitative estimate of drug-likeness (QED) is 0.303. The fourth-order valence-electron chi connectivity index (χ4n) is 4.81. The summed E-state index contributed by atoms with van der Waals surface area (Å²) in [6.07, 6.45) is 9.04. The predicted molar refractivity (Wildman–Crippen MR) is 145 cm³/mol. The standard InChI is InChI=1S/C29H28FN7O2/c1-18-34-15-19(16-35-18)17-38-24-12-22(30)13-25(14-24)39-23-4-2-20(3-5-23)26-27-28(31)33-10-11-37(27)29(36-26)21-6-8-32-9-7-21/h2-5,10-16,21,32H,6-9,17H2,1H3,(H2,31,33). The first kappa shape index (κ1) is 24.7. The number of halogens is 1. The Morgan fingerprint density at radius 1 is 1.00 bits per heavy atom. The number of aryl methyl sites for hydroxylation is 1. The number of nitrogen functional groups attached to an aromatic ring is 1. The van der Waals surface area contributed by atoms with Gasteiger partial charge in [0.2, 0.25) is 0 Å². The molecule has 5 aromatic rings. The van der Waals surface area contributed by atoms with Gasteiger partial charge in [-0.05, 0) is 57.1 Å². The number of piperidine rings is 1. The molecular weight excluding hydrogens is 497 g/mol. The van der Waals surface area contributed by atoms with E-state index in [1.165, 1.54) is 12.1 Å². The van der Waals surface area contributed by atoms with E-state index in [0.29, 0.717) is 34.8 Å². The third-order valence-electron chi connectivity index (χ3n) is 6.76. The lowest BCUT2D eigenvalue weighted by Gasteiger charge is -2.21. The molecule has 0 unspecified atom stereocenters. The molecule has 3 aromatic heterocycles. The van der Waals surface area contributed by atoms with E-state index in [-0.39, 0.29) is 6.61 Å². The van der Waals surface area contributed by atoms with Crippen LogP contribution in [-0.4, -0.2) is 37.4 Å². The number of hydrogen-bond donors (Lipinski definition) is 2. The van der Waals surface area contributed by atoms with Crippen molar-refractivity contribution in [1.82, 2.24) is 29.7 Å². The van der Waals surface area contributed by atoms with E-state index in [9.17, 15) is 4.39 Å². The van der Waals surface area contributed by atoms with Crippen molar-refractivity contribution in [2.75, 3.05) is 18.8 Å². The first-order chi connectivity index (χ1) is 19.0. The van der Waals surface area contributed by atoms with E-state index in [2.05, 4.69) is 24.7 Å². The maximum Gasteiger partial charge on any atom is 0.150 e. The number of anilines is 1. The second-order valence-corrected chi connectivity index (χ2v) is 9.55. The van der Waals surface area contributed by atoms with Crippen LogP contribution in [0.3, 0.4) is 0 Å². The highest BCUT2D eigenvalue weighted by molar-refractivity contribution is 5.85. The Hall–Kier alpha value is -4.57. The molecule has 9 nitrogen and oxygen atoms in total. The zero-order valence-corrected chi connectivity index (χ0v) is 21.5. The second-order valence-electron chi connectivity index (χ2n) is 9.55. The summed E-state index contributed by atoms with van der Waals surface area (Å²) in [6, 6.07) is 11.8. The third kappa shape index (κ3) is 5.37. The average molecular weight is 526 g/mol. The van der Waals surface area contributed by atoms with Gasteiger partial charge < -0.3 is 20.5 Å². The van der Waals surface area contributed by atoms with Gasteiger partial charge in [0.1, 0.15) is 58.3 Å². The molecule has 6 rings (SSSR count). The predicted octanol–water partition coefficient (Wildman–Crippen LogP) is 5.05. The number of hydrogen-bond acceptors (Lipinski definition) is 8. The third-order valence-corrected chi connectivity index (χ3v) is 6.76. The van der Waals surface area contributed by atoms with Gasteiger partial charge in [0.25, 0.3) is 0 Å². The zero-order valence-electron chi connectivity index (χ0n) is 21.5. The summed E-state index contributed by atoms with van der Waals surface area (Å²) in [4.78, 5) is 17.6. The van der Waals surface area contributed by atoms with Crippen molar-refractivity contribution in [2.45, 2.75) is 32.3 Å². The molecule has 0 spiro atoms. The van der Waals surface area contributed by atoms with Crippen molar-refractivity contribution in [3.05, 3.63) is 90.3 Å². The van der Waals surface area contributed by atoms with Crippen molar-refractivity contribution < 1.29 is 13.9 Å². The molecule has 4 heterocycles. The molecule has 0 aliphatic carbocycles. The molecule has 0 saturated carbocycles. The van der Waals surface area contributed by atoms with Crippen LogP contribution in [0.4, 0.5) is 10.2 Å². The highest BCUT2D eigenvalue weighted by Crippen LogP contribution is 2.35. The fraction of sp³-hybridized carbons (Fsp3) is 0.241. The largest absolute Gasteiger partial charge is 0.489 e. The number of aromatic nitrogens is 5. The SMILES string of the molecule is Cc1ncc(COc2cc(F)cc(Oc3ccc(-c4nc(C5CCNCC5)n5ccnc(N)c45)cc3)c2)cn1. The van der Waals surface area contributed by atoms with Crippen LogP contribution in [0.2, 0.25) is 0 Å². The van der Waals surface area contributed by atoms with Crippen LogP contribution in [0.25, 0.3) is 16.8 Å². The van der Waals surface area contributed by atoms with Gasteiger partial charge >= 0.3 is 0 Å². The zero-order chi connectivity index (χ0) is 26.8. The van der Waals surface area contributed by atoms with Gasteiger partial charge in [0.15, 0.2) is 0 Å². The highest BCUT2D eigenvalue weighted by atomic mass is 19.1. The molecule has 1 aliphatic heterocycles. The van der Waals surface area contributed by atoms with Crippen LogP contribution in [0, 0.1) is 12.7 Å². The van der Waals surface area contributed by atoms with Crippen LogP contribution in [-0.2, 0) is 6.61 Å². The Morgan fingerprint density at radius 3 is 2.51 bits per heavy atom. The summed E-state index contributed by atoms with van der Waals surface area (Å²) in [5.41, 5.74) is 9.56. The monoisotopic (exact) mass is 525 g/mol. The molecule has 3 N–H and O–H groups in total. The average Bonchev–Trinajstić information content (AvgIpc) is 3.34. The lowest BCUT2D eigenvalue weighted by molar-refractivity contribution is 0.301. The number of rotatable bonds is 7. The van der Waals surface area contributed by atoms with E-state index in [0.717, 1.165) is 54.1 Å². The van der Waals surface area contributed by atoms with E-state index in [4.69, 9.17) is 20.2 Å². The van der Waals surface area contributed by atoms with Crippen molar-refractivity contribution in [2.24, 2.45) is 0 Å². The normalized spacial score (nSPS) is 14.0. The van der Waals surface area contributed by atoms with Crippen LogP contribution in [0.5, 0.6) is 17.2 Å². The molecular formula is C29H28FN7O2. The Balaban J connectivity index is 1.22. The minimum absolute atomic E-state index is 0.216. The van der Waals surface area contributed by atoms with Gasteiger partial charge in [-0.15, -0.1) is 0 Å². The van der Waals surface area contributed by atoms with Crippen molar-refractivity contribution in [3.63, 3.8) is 0 Å². The molecule has 198 valence electrons. The van der Waals surface area contributed by atoms with E-state index in [1.807, 2.05) is 37.4 Å². The number of imidazole rings is 1. The molecule has 10 heteroatoms. The molecule has 1 aliphatic rings. The minimum atomic E-state index is -0.461. The number of nitrogens with one attached hydrogen (secondary N) is 1. The molecule has 39 heavy (non-hydrogen) atoms. The molecule has 0 atom stereocenters. The van der Waals surface area contributed by atoms with Gasteiger partial charge in [-0.1, -0.05) is 0 Å². The Labute approximate surface area is 224 Å². The van der Waals surface area contributed by atoms with Crippen LogP contribution >= 0.6 is 0 Å². The van der Waals surface area contributed by atoms with Crippen LogP contribution < -0.4 is 20.5 Å². The highest BCUT2D eigenvalue weighted by Gasteiger charge is 2.24. The smallest absolute Gasteiger partial charge is 0.150 e. The van der Waals surface area contributed by atoms with Crippen molar-refractivity contribution in [1.29, 1.82) is 0 Å². The first-order valence-corrected chi connectivity index (χ1v) is 12.9. The molecule has 2 aromatic carbocycles. The number of benzene rings is 2. The molecule has 0 radical (unpaired) electrons. The second kappa shape index (κ2) is 10.7. The lowest BCUT2D eigenvalue weighted by Crippen LogP contribution is -2.27. The summed E-state index contributed by atoms with van der Waals surface area (Å²) in [5, 5.41) is 3.41. The summed E-state index contributed by atoms with van der Waals surface area (Å²) >= 11 is 0. The summed E-state index contributed by atoms with van der Waals surface area (Å²) in [7, 11) is 0. The van der Waals surface area contributed by atoms with E-state index in [1.54, 1.807) is 24.7 Å². The van der Waals surface area contributed by atoms with E-state index < -0.39 is 5.82 Å². The number of nitrogens with two attached hydrogens (primary N) is 1. The lowest BCUT2D eigenvalue weighted by atomic mass is 9.97. The van der Waals surface area contributed by atoms with Crippen LogP contribution in [0.1, 0.15) is 36.0 Å². The number of nitrogens with zero attached hydrogens (tertiary/aromatic N) is 5. The maximum absolute atomic E-state index is 14.3. The first-order valence-electron chi connectivity index (χ1n) is 12.9. The molecule has 0 bridgehead atoms. The Kier molecular flexibility index (Phi) is 6.76. The van der Waals surface area contributed by atoms with Gasteiger partial charge in [0.05, 0.1) is 0 Å². The Morgan fingerprint density at radius 2 is 1.74 bits per heavy atom. The van der Waals surface area contributed by atoms with Gasteiger partial charge in [0, 0.05) is 60.0 Å². The number of fused-ring (bicyclic) bond motifs is 1. The number of ether oxygens (including phenoxy) is 2. The van der Waals surface area contributed by atoms with Crippen LogP contribution in [0.15, 0.2) is 67.3 Å². The molecule has 1 saturated heterocycles. The van der Waals surface area contributed by atoms with Crippen molar-refractivity contribution >= 4 is 11.3 Å². The summed E-state index contributed by atoms with van der Waals surface area (Å²) in [5.74, 6) is 3.22. The molecule has 0 amide bonds. The molecule has 1 fully saturated rings. The van der Waals surface area contributed by atoms with Gasteiger partial charge in [-0.3, -0.25) is 4.40 Å².